The number of alkyl halides is 3. The molecule has 3 aliphatic carbocycles. The van der Waals surface area contributed by atoms with Crippen molar-refractivity contribution >= 4 is 5.97 Å². The zero-order chi connectivity index (χ0) is 22.6. The van der Waals surface area contributed by atoms with Gasteiger partial charge in [0.05, 0.1) is 17.8 Å². The Morgan fingerprint density at radius 1 is 1.23 bits per heavy atom. The van der Waals surface area contributed by atoms with Crippen molar-refractivity contribution in [3.05, 3.63) is 23.8 Å². The first-order valence-electron chi connectivity index (χ1n) is 11.3. The lowest BCUT2D eigenvalue weighted by molar-refractivity contribution is -0.235. The van der Waals surface area contributed by atoms with Gasteiger partial charge in [-0.1, -0.05) is 37.5 Å². The molecule has 3 N–H and O–H groups in total. The van der Waals surface area contributed by atoms with Gasteiger partial charge in [0, 0.05) is 18.3 Å². The highest BCUT2D eigenvalue weighted by Gasteiger charge is 2.59. The van der Waals surface area contributed by atoms with Crippen LogP contribution in [0, 0.1) is 17.8 Å². The van der Waals surface area contributed by atoms with Gasteiger partial charge in [-0.3, -0.25) is 4.79 Å². The van der Waals surface area contributed by atoms with Crippen LogP contribution in [0.3, 0.4) is 0 Å². The zero-order valence-corrected chi connectivity index (χ0v) is 17.7. The van der Waals surface area contributed by atoms with Gasteiger partial charge in [-0.2, -0.15) is 13.2 Å². The molecule has 31 heavy (non-hydrogen) atoms. The number of halogens is 3. The number of fused-ring (bicyclic) bond motifs is 1. The summed E-state index contributed by atoms with van der Waals surface area (Å²) in [7, 11) is 0. The minimum absolute atomic E-state index is 0.0942. The lowest BCUT2D eigenvalue weighted by Crippen LogP contribution is -2.60. The van der Waals surface area contributed by atoms with Gasteiger partial charge in [0.2, 0.25) is 0 Å². The Balaban J connectivity index is 1.75. The van der Waals surface area contributed by atoms with Crippen LogP contribution in [0.1, 0.15) is 64.2 Å². The molecule has 3 aliphatic rings. The number of aliphatic hydroxyl groups excluding tert-OH is 2. The van der Waals surface area contributed by atoms with Gasteiger partial charge in [0.1, 0.15) is 6.61 Å². The van der Waals surface area contributed by atoms with Crippen LogP contribution < -0.4 is 0 Å². The molecule has 0 aromatic heterocycles. The van der Waals surface area contributed by atoms with Crippen molar-refractivity contribution in [2.45, 2.75) is 88.2 Å². The molecule has 0 radical (unpaired) electrons. The minimum atomic E-state index is -4.47. The molecule has 0 spiro atoms. The molecule has 0 aromatic rings. The van der Waals surface area contributed by atoms with Gasteiger partial charge in [0.15, 0.2) is 0 Å². The summed E-state index contributed by atoms with van der Waals surface area (Å²) in [6.45, 7) is -1.38. The lowest BCUT2D eigenvalue weighted by atomic mass is 9.53. The van der Waals surface area contributed by atoms with Gasteiger partial charge in [0.25, 0.3) is 0 Å². The maximum absolute atomic E-state index is 12.9. The largest absolute Gasteiger partial charge is 0.481 e. The summed E-state index contributed by atoms with van der Waals surface area (Å²) in [6.07, 6.45) is 5.78. The summed E-state index contributed by atoms with van der Waals surface area (Å²) in [5, 5.41) is 30.0. The van der Waals surface area contributed by atoms with Gasteiger partial charge in [-0.05, 0) is 50.0 Å². The fourth-order valence-corrected chi connectivity index (χ4v) is 5.54. The fourth-order valence-electron chi connectivity index (χ4n) is 5.54. The number of hydrogen-bond donors (Lipinski definition) is 3. The summed E-state index contributed by atoms with van der Waals surface area (Å²) in [4.78, 5) is 10.8. The van der Waals surface area contributed by atoms with E-state index in [2.05, 4.69) is 0 Å². The van der Waals surface area contributed by atoms with Crippen LogP contribution in [0.25, 0.3) is 0 Å². The highest BCUT2D eigenvalue weighted by Crippen LogP contribution is 2.58. The number of aliphatic hydroxyl groups is 2. The Labute approximate surface area is 181 Å². The Morgan fingerprint density at radius 3 is 2.58 bits per heavy atom. The quantitative estimate of drug-likeness (QED) is 0.482. The Hall–Kier alpha value is -1.38. The van der Waals surface area contributed by atoms with E-state index in [1.165, 1.54) is 6.42 Å². The highest BCUT2D eigenvalue weighted by atomic mass is 19.4. The number of carboxylic acid groups (broad SMARTS) is 1. The molecule has 3 saturated carbocycles. The monoisotopic (exact) mass is 446 g/mol. The van der Waals surface area contributed by atoms with Crippen LogP contribution in [0.2, 0.25) is 0 Å². The summed E-state index contributed by atoms with van der Waals surface area (Å²) >= 11 is 0. The topological polar surface area (TPSA) is 87.0 Å². The summed E-state index contributed by atoms with van der Waals surface area (Å²) < 4.78 is 44.3. The smallest absolute Gasteiger partial charge is 0.411 e. The van der Waals surface area contributed by atoms with Gasteiger partial charge in [-0.25, -0.2) is 0 Å². The summed E-state index contributed by atoms with van der Waals surface area (Å²) in [5.74, 6) is -1.51. The maximum Gasteiger partial charge on any atom is 0.411 e. The number of hydrogen-bond acceptors (Lipinski definition) is 4. The molecule has 8 heteroatoms. The predicted molar refractivity (Wildman–Crippen MR) is 108 cm³/mol. The van der Waals surface area contributed by atoms with Crippen molar-refractivity contribution in [2.75, 3.05) is 6.61 Å². The normalized spacial score (nSPS) is 34.5. The first kappa shape index (κ1) is 24.3. The third kappa shape index (κ3) is 5.90. The molecule has 176 valence electrons. The zero-order valence-electron chi connectivity index (χ0n) is 17.7. The van der Waals surface area contributed by atoms with Crippen LogP contribution in [0.5, 0.6) is 0 Å². The average Bonchev–Trinajstić information content (AvgIpc) is 2.70. The van der Waals surface area contributed by atoms with Crippen LogP contribution in [0.4, 0.5) is 13.2 Å². The predicted octanol–water partition coefficient (Wildman–Crippen LogP) is 4.38. The van der Waals surface area contributed by atoms with Crippen LogP contribution >= 0.6 is 0 Å². The Morgan fingerprint density at radius 2 is 1.94 bits per heavy atom. The average molecular weight is 447 g/mol. The van der Waals surface area contributed by atoms with E-state index in [0.717, 1.165) is 25.7 Å². The van der Waals surface area contributed by atoms with Crippen LogP contribution in [0.15, 0.2) is 23.8 Å². The maximum atomic E-state index is 12.9. The van der Waals surface area contributed by atoms with Crippen LogP contribution in [-0.2, 0) is 9.53 Å². The third-order valence-electron chi connectivity index (χ3n) is 7.21. The summed E-state index contributed by atoms with van der Waals surface area (Å²) in [5.41, 5.74) is -0.431. The lowest BCUT2D eigenvalue weighted by Gasteiger charge is -2.58. The first-order chi connectivity index (χ1) is 14.6. The molecule has 0 bridgehead atoms. The molecule has 0 aromatic carbocycles. The molecular formula is C23H33F3O5. The van der Waals surface area contributed by atoms with Crippen molar-refractivity contribution < 1.29 is 38.0 Å². The van der Waals surface area contributed by atoms with E-state index in [4.69, 9.17) is 9.84 Å². The van der Waals surface area contributed by atoms with E-state index in [1.807, 2.05) is 0 Å². The summed E-state index contributed by atoms with van der Waals surface area (Å²) in [6, 6.07) is 0. The second-order valence-corrected chi connectivity index (χ2v) is 9.22. The molecule has 0 aliphatic heterocycles. The number of aliphatic carboxylic acids is 1. The second kappa shape index (κ2) is 10.0. The minimum Gasteiger partial charge on any atom is -0.481 e. The van der Waals surface area contributed by atoms with Crippen LogP contribution in [-0.4, -0.2) is 51.9 Å². The number of allylic oxidation sites excluding steroid dienone is 1. The van der Waals surface area contributed by atoms with Gasteiger partial charge in [-0.15, -0.1) is 0 Å². The molecule has 0 heterocycles. The van der Waals surface area contributed by atoms with Crippen molar-refractivity contribution in [1.29, 1.82) is 0 Å². The number of ether oxygens (including phenoxy) is 1. The Kier molecular flexibility index (Phi) is 7.86. The van der Waals surface area contributed by atoms with Gasteiger partial charge < -0.3 is 20.1 Å². The Bertz CT molecular complexity index is 683. The van der Waals surface area contributed by atoms with E-state index in [0.29, 0.717) is 18.4 Å². The molecule has 0 saturated heterocycles. The SMILES string of the molecule is O=C(O)CCC=C1C[C@@H]2[C@@H](/C=C/C(O)C3CCCCC3)[C@H](O)CC[C@]12OCC(F)(F)F. The molecule has 5 nitrogen and oxygen atoms in total. The number of rotatable bonds is 8. The van der Waals surface area contributed by atoms with Crippen molar-refractivity contribution in [2.24, 2.45) is 17.8 Å². The number of carboxylic acids is 1. The van der Waals surface area contributed by atoms with E-state index in [1.54, 1.807) is 18.2 Å². The molecule has 0 amide bonds. The fraction of sp³-hybridized carbons (Fsp3) is 0.783. The highest BCUT2D eigenvalue weighted by molar-refractivity contribution is 5.66. The van der Waals surface area contributed by atoms with E-state index in [9.17, 15) is 28.2 Å². The molecule has 3 rings (SSSR count). The molecule has 5 atom stereocenters. The van der Waals surface area contributed by atoms with E-state index in [-0.39, 0.29) is 31.1 Å². The van der Waals surface area contributed by atoms with E-state index < -0.39 is 42.5 Å². The third-order valence-corrected chi connectivity index (χ3v) is 7.21. The molecule has 1 unspecified atom stereocenters. The first-order valence-corrected chi connectivity index (χ1v) is 11.3. The van der Waals surface area contributed by atoms with E-state index >= 15 is 0 Å². The van der Waals surface area contributed by atoms with Gasteiger partial charge >= 0.3 is 12.1 Å². The van der Waals surface area contributed by atoms with Crippen molar-refractivity contribution in [3.8, 4) is 0 Å². The van der Waals surface area contributed by atoms with Crippen molar-refractivity contribution in [3.63, 3.8) is 0 Å². The molecule has 3 fully saturated rings. The second-order valence-electron chi connectivity index (χ2n) is 9.22. The number of carbonyl (C=O) groups is 1. The van der Waals surface area contributed by atoms with Crippen molar-refractivity contribution in [1.82, 2.24) is 0 Å². The molecular weight excluding hydrogens is 413 g/mol. The standard InChI is InChI=1S/C23H33F3O5/c24-23(25,26)14-31-22-12-11-20(28)17(9-10-19(27)15-5-2-1-3-6-15)18(22)13-16(22)7-4-8-21(29)30/h7,9-10,15,17-20,27-28H,1-6,8,11-14H2,(H,29,30)/b10-9+,16-7?/t17-,18-,19?,20-,22+/m1/s1.